The van der Waals surface area contributed by atoms with Crippen LogP contribution in [0.15, 0.2) is 30.3 Å². The van der Waals surface area contributed by atoms with Crippen molar-refractivity contribution in [3.05, 3.63) is 58.4 Å². The van der Waals surface area contributed by atoms with Crippen LogP contribution in [0.5, 0.6) is 0 Å². The third kappa shape index (κ3) is 5.48. The van der Waals surface area contributed by atoms with Gasteiger partial charge in [-0.25, -0.2) is 4.79 Å². The smallest absolute Gasteiger partial charge is 0.340 e. The maximum Gasteiger partial charge on any atom is 0.340 e. The van der Waals surface area contributed by atoms with Crippen LogP contribution in [-0.2, 0) is 4.74 Å². The van der Waals surface area contributed by atoms with Gasteiger partial charge < -0.3 is 15.0 Å². The van der Waals surface area contributed by atoms with Gasteiger partial charge >= 0.3 is 5.97 Å². The van der Waals surface area contributed by atoms with E-state index in [0.717, 1.165) is 18.7 Å². The first-order valence-electron chi connectivity index (χ1n) is 10.3. The van der Waals surface area contributed by atoms with E-state index in [0.29, 0.717) is 29.1 Å². The number of nitrogens with zero attached hydrogens (tertiary/aromatic N) is 1. The first-order valence-corrected chi connectivity index (χ1v) is 10.3. The average molecular weight is 400 g/mol. The van der Waals surface area contributed by atoms with E-state index in [1.807, 2.05) is 18.2 Å². The number of H-pyrrole nitrogens is 1. The van der Waals surface area contributed by atoms with E-state index in [1.165, 1.54) is 0 Å². The lowest BCUT2D eigenvalue weighted by molar-refractivity contribution is 0.0376. The number of nitrogens with one attached hydrogen (secondary N) is 2. The summed E-state index contributed by atoms with van der Waals surface area (Å²) in [5, 5.41) is 3.04. The standard InChI is InChI=1S/C23H33N3O3/c1-7-26(8-2)19(18-12-10-9-11-13-18)14-24-22(27)21-16(5)20(17(6)25-21)23(28)29-15(3)4/h9-13,15,19,25H,7-8,14H2,1-6H3,(H,24,27). The minimum absolute atomic E-state index is 0.0805. The normalized spacial score (nSPS) is 12.3. The third-order valence-corrected chi connectivity index (χ3v) is 5.10. The second-order valence-electron chi connectivity index (χ2n) is 7.44. The molecule has 29 heavy (non-hydrogen) atoms. The quantitative estimate of drug-likeness (QED) is 0.625. The van der Waals surface area contributed by atoms with E-state index in [9.17, 15) is 9.59 Å². The van der Waals surface area contributed by atoms with Crippen LogP contribution in [0.2, 0.25) is 0 Å². The molecule has 0 aliphatic rings. The summed E-state index contributed by atoms with van der Waals surface area (Å²) in [6.45, 7) is 13.7. The zero-order chi connectivity index (χ0) is 21.6. The van der Waals surface area contributed by atoms with Crippen LogP contribution >= 0.6 is 0 Å². The number of rotatable bonds is 9. The zero-order valence-corrected chi connectivity index (χ0v) is 18.3. The van der Waals surface area contributed by atoms with Crippen molar-refractivity contribution >= 4 is 11.9 Å². The highest BCUT2D eigenvalue weighted by Gasteiger charge is 2.25. The molecule has 0 fully saturated rings. The molecule has 0 bridgehead atoms. The summed E-state index contributed by atoms with van der Waals surface area (Å²) in [4.78, 5) is 30.6. The first-order chi connectivity index (χ1) is 13.8. The molecule has 1 heterocycles. The minimum atomic E-state index is -0.407. The molecule has 0 aliphatic heterocycles. The van der Waals surface area contributed by atoms with Gasteiger partial charge in [-0.05, 0) is 51.9 Å². The Bertz CT molecular complexity index is 823. The summed E-state index contributed by atoms with van der Waals surface area (Å²) >= 11 is 0. The number of likely N-dealkylation sites (N-methyl/N-ethyl adjacent to an activating group) is 1. The number of aryl methyl sites for hydroxylation is 1. The fourth-order valence-corrected chi connectivity index (χ4v) is 3.63. The molecule has 2 aromatic rings. The number of aromatic amines is 1. The highest BCUT2D eigenvalue weighted by molar-refractivity contribution is 6.00. The number of carbonyl (C=O) groups is 2. The number of esters is 1. The maximum absolute atomic E-state index is 12.9. The summed E-state index contributed by atoms with van der Waals surface area (Å²) in [5.74, 6) is -0.627. The van der Waals surface area contributed by atoms with Gasteiger partial charge in [0.15, 0.2) is 0 Å². The van der Waals surface area contributed by atoms with Crippen LogP contribution in [0.4, 0.5) is 0 Å². The molecule has 0 spiro atoms. The summed E-state index contributed by atoms with van der Waals surface area (Å²) in [7, 11) is 0. The molecule has 1 amide bonds. The van der Waals surface area contributed by atoms with Crippen molar-refractivity contribution in [2.24, 2.45) is 0 Å². The van der Waals surface area contributed by atoms with E-state index < -0.39 is 5.97 Å². The largest absolute Gasteiger partial charge is 0.459 e. The topological polar surface area (TPSA) is 74.4 Å². The van der Waals surface area contributed by atoms with Crippen molar-refractivity contribution < 1.29 is 14.3 Å². The fraction of sp³-hybridized carbons (Fsp3) is 0.478. The Hall–Kier alpha value is -2.60. The van der Waals surface area contributed by atoms with Gasteiger partial charge in [-0.2, -0.15) is 0 Å². The molecule has 2 rings (SSSR count). The summed E-state index contributed by atoms with van der Waals surface area (Å²) in [6.07, 6.45) is -0.214. The lowest BCUT2D eigenvalue weighted by Gasteiger charge is -2.30. The van der Waals surface area contributed by atoms with Gasteiger partial charge in [0, 0.05) is 12.2 Å². The van der Waals surface area contributed by atoms with E-state index in [1.54, 1.807) is 27.7 Å². The highest BCUT2D eigenvalue weighted by atomic mass is 16.5. The Labute approximate surface area is 173 Å². The fourth-order valence-electron chi connectivity index (χ4n) is 3.63. The van der Waals surface area contributed by atoms with Crippen molar-refractivity contribution in [3.63, 3.8) is 0 Å². The second-order valence-corrected chi connectivity index (χ2v) is 7.44. The van der Waals surface area contributed by atoms with Gasteiger partial charge in [0.25, 0.3) is 5.91 Å². The molecule has 0 saturated carbocycles. The monoisotopic (exact) mass is 399 g/mol. The maximum atomic E-state index is 12.9. The number of carbonyl (C=O) groups excluding carboxylic acids is 2. The number of ether oxygens (including phenoxy) is 1. The van der Waals surface area contributed by atoms with Crippen LogP contribution in [0.3, 0.4) is 0 Å². The number of hydrogen-bond donors (Lipinski definition) is 2. The Balaban J connectivity index is 2.19. The van der Waals surface area contributed by atoms with Crippen molar-refractivity contribution in [1.82, 2.24) is 15.2 Å². The van der Waals surface area contributed by atoms with E-state index >= 15 is 0 Å². The SMILES string of the molecule is CCN(CC)C(CNC(=O)c1[nH]c(C)c(C(=O)OC(C)C)c1C)c1ccccc1. The summed E-state index contributed by atoms with van der Waals surface area (Å²) < 4.78 is 5.31. The molecule has 6 heteroatoms. The molecule has 1 aromatic heterocycles. The third-order valence-electron chi connectivity index (χ3n) is 5.10. The van der Waals surface area contributed by atoms with Gasteiger partial charge in [-0.1, -0.05) is 44.2 Å². The van der Waals surface area contributed by atoms with Gasteiger partial charge in [0.2, 0.25) is 0 Å². The molecule has 2 N–H and O–H groups in total. The molecule has 0 radical (unpaired) electrons. The van der Waals surface area contributed by atoms with Gasteiger partial charge in [0.1, 0.15) is 5.69 Å². The molecule has 1 aromatic carbocycles. The van der Waals surface area contributed by atoms with E-state index in [-0.39, 0.29) is 18.1 Å². The molecule has 1 unspecified atom stereocenters. The predicted octanol–water partition coefficient (Wildman–Crippen LogP) is 4.01. The van der Waals surface area contributed by atoms with Crippen molar-refractivity contribution in [3.8, 4) is 0 Å². The highest BCUT2D eigenvalue weighted by Crippen LogP contribution is 2.22. The first kappa shape index (κ1) is 22.7. The van der Waals surface area contributed by atoms with Gasteiger partial charge in [-0.15, -0.1) is 0 Å². The summed E-state index contributed by atoms with van der Waals surface area (Å²) in [5.41, 5.74) is 3.26. The number of hydrogen-bond acceptors (Lipinski definition) is 4. The van der Waals surface area contributed by atoms with Crippen LogP contribution in [0, 0.1) is 13.8 Å². The predicted molar refractivity (Wildman–Crippen MR) is 115 cm³/mol. The van der Waals surface area contributed by atoms with Crippen molar-refractivity contribution in [2.75, 3.05) is 19.6 Å². The molecular weight excluding hydrogens is 366 g/mol. The van der Waals surface area contributed by atoms with E-state index in [4.69, 9.17) is 4.74 Å². The second kappa shape index (κ2) is 10.3. The van der Waals surface area contributed by atoms with Crippen LogP contribution in [0.1, 0.15) is 71.4 Å². The van der Waals surface area contributed by atoms with Crippen LogP contribution < -0.4 is 5.32 Å². The van der Waals surface area contributed by atoms with Crippen molar-refractivity contribution in [2.45, 2.75) is 53.7 Å². The molecule has 158 valence electrons. The van der Waals surface area contributed by atoms with Crippen LogP contribution in [0.25, 0.3) is 0 Å². The Morgan fingerprint density at radius 3 is 2.28 bits per heavy atom. The van der Waals surface area contributed by atoms with E-state index in [2.05, 4.69) is 41.2 Å². The number of benzene rings is 1. The van der Waals surface area contributed by atoms with Gasteiger partial charge in [0.05, 0.1) is 17.7 Å². The number of aromatic nitrogens is 1. The van der Waals surface area contributed by atoms with Gasteiger partial charge in [-0.3, -0.25) is 9.69 Å². The lowest BCUT2D eigenvalue weighted by atomic mass is 10.0. The Morgan fingerprint density at radius 1 is 1.10 bits per heavy atom. The molecule has 0 aliphatic carbocycles. The molecule has 1 atom stereocenters. The Morgan fingerprint density at radius 2 is 1.72 bits per heavy atom. The zero-order valence-electron chi connectivity index (χ0n) is 18.3. The molecule has 6 nitrogen and oxygen atoms in total. The summed E-state index contributed by atoms with van der Waals surface area (Å²) in [6, 6.07) is 10.3. The van der Waals surface area contributed by atoms with Crippen molar-refractivity contribution in [1.29, 1.82) is 0 Å². The molecular formula is C23H33N3O3. The average Bonchev–Trinajstić information content (AvgIpc) is 2.99. The number of amides is 1. The molecule has 0 saturated heterocycles. The van der Waals surface area contributed by atoms with Crippen LogP contribution in [-0.4, -0.2) is 47.5 Å². The Kier molecular flexibility index (Phi) is 8.02. The lowest BCUT2D eigenvalue weighted by Crippen LogP contribution is -2.38. The minimum Gasteiger partial charge on any atom is -0.459 e.